The smallest absolute Gasteiger partial charge is 0.153 e. The zero-order valence-electron chi connectivity index (χ0n) is 9.85. The molecule has 5 nitrogen and oxygen atoms in total. The molecule has 2 aliphatic rings. The highest BCUT2D eigenvalue weighted by atomic mass is 16.5. The van der Waals surface area contributed by atoms with E-state index >= 15 is 0 Å². The van der Waals surface area contributed by atoms with Gasteiger partial charge in [0, 0.05) is 25.6 Å². The molecule has 92 valence electrons. The molecule has 5 heteroatoms. The Hall–Kier alpha value is -0.810. The number of amidine groups is 1. The van der Waals surface area contributed by atoms with Crippen molar-refractivity contribution in [1.29, 1.82) is 0 Å². The second-order valence-electron chi connectivity index (χ2n) is 5.15. The predicted octanol–water partition coefficient (Wildman–Crippen LogP) is 0.481. The van der Waals surface area contributed by atoms with Crippen molar-refractivity contribution in [3.8, 4) is 0 Å². The minimum Gasteiger partial charge on any atom is -0.409 e. The second kappa shape index (κ2) is 4.59. The third-order valence-electron chi connectivity index (χ3n) is 4.06. The molecule has 1 aliphatic carbocycles. The zero-order chi connectivity index (χ0) is 11.6. The van der Waals surface area contributed by atoms with Gasteiger partial charge in [-0.3, -0.25) is 4.90 Å². The Labute approximate surface area is 96.2 Å². The third-order valence-corrected chi connectivity index (χ3v) is 4.06. The maximum absolute atomic E-state index is 8.58. The van der Waals surface area contributed by atoms with Crippen molar-refractivity contribution in [3.63, 3.8) is 0 Å². The van der Waals surface area contributed by atoms with Crippen molar-refractivity contribution in [2.24, 2.45) is 22.2 Å². The first kappa shape index (κ1) is 11.7. The van der Waals surface area contributed by atoms with E-state index in [4.69, 9.17) is 15.7 Å². The van der Waals surface area contributed by atoms with Crippen molar-refractivity contribution in [3.05, 3.63) is 0 Å². The van der Waals surface area contributed by atoms with Gasteiger partial charge in [0.05, 0.1) is 13.2 Å². The zero-order valence-corrected chi connectivity index (χ0v) is 9.85. The van der Waals surface area contributed by atoms with E-state index in [1.807, 2.05) is 0 Å². The molecule has 0 amide bonds. The summed E-state index contributed by atoms with van der Waals surface area (Å²) < 4.78 is 5.37. The molecule has 1 aliphatic heterocycles. The highest BCUT2D eigenvalue weighted by molar-refractivity contribution is 5.81. The van der Waals surface area contributed by atoms with E-state index in [0.717, 1.165) is 25.6 Å². The number of ether oxygens (including phenoxy) is 1. The van der Waals surface area contributed by atoms with Gasteiger partial charge in [0.15, 0.2) is 5.84 Å². The Bertz CT molecular complexity index is 282. The molecule has 2 fully saturated rings. The van der Waals surface area contributed by atoms with Gasteiger partial charge >= 0.3 is 0 Å². The van der Waals surface area contributed by atoms with E-state index in [1.54, 1.807) is 7.11 Å². The molecule has 1 saturated carbocycles. The maximum Gasteiger partial charge on any atom is 0.153 e. The van der Waals surface area contributed by atoms with E-state index in [0.29, 0.717) is 17.8 Å². The molecule has 0 radical (unpaired) electrons. The van der Waals surface area contributed by atoms with Crippen molar-refractivity contribution in [2.75, 3.05) is 33.4 Å². The Kier molecular flexibility index (Phi) is 3.35. The van der Waals surface area contributed by atoms with Gasteiger partial charge in [0.1, 0.15) is 0 Å². The van der Waals surface area contributed by atoms with Gasteiger partial charge in [-0.15, -0.1) is 0 Å². The van der Waals surface area contributed by atoms with Gasteiger partial charge < -0.3 is 15.7 Å². The van der Waals surface area contributed by atoms with E-state index in [1.165, 1.54) is 19.3 Å². The summed E-state index contributed by atoms with van der Waals surface area (Å²) in [4.78, 5) is 2.28. The lowest BCUT2D eigenvalue weighted by Gasteiger charge is -2.27. The maximum atomic E-state index is 8.58. The van der Waals surface area contributed by atoms with Crippen LogP contribution >= 0.6 is 0 Å². The van der Waals surface area contributed by atoms with Crippen LogP contribution in [0.1, 0.15) is 19.3 Å². The molecule has 16 heavy (non-hydrogen) atoms. The number of likely N-dealkylation sites (tertiary alicyclic amines) is 1. The fourth-order valence-corrected chi connectivity index (χ4v) is 3.43. The second-order valence-corrected chi connectivity index (χ2v) is 5.15. The SMILES string of the molecule is COC[C@@]12CCC[C@H]1CN(CC(N)=NO)C2. The van der Waals surface area contributed by atoms with Crippen LogP contribution in [0.5, 0.6) is 0 Å². The molecule has 2 rings (SSSR count). The van der Waals surface area contributed by atoms with Gasteiger partial charge in [-0.1, -0.05) is 11.6 Å². The standard InChI is InChI=1S/C11H21N3O2/c1-16-8-11-4-2-3-9(11)5-14(7-11)6-10(12)13-15/h9,15H,2-8H2,1H3,(H2,12,13)/t9-,11-/m0/s1. The molecular formula is C11H21N3O2. The fraction of sp³-hybridized carbons (Fsp3) is 0.909. The van der Waals surface area contributed by atoms with Crippen LogP contribution in [0.2, 0.25) is 0 Å². The average molecular weight is 227 g/mol. The van der Waals surface area contributed by atoms with Crippen LogP contribution in [0.25, 0.3) is 0 Å². The molecule has 0 spiro atoms. The van der Waals surface area contributed by atoms with E-state index in [9.17, 15) is 0 Å². The number of nitrogens with zero attached hydrogens (tertiary/aromatic N) is 2. The number of nitrogens with two attached hydrogens (primary N) is 1. The first-order valence-corrected chi connectivity index (χ1v) is 5.88. The molecule has 0 aromatic rings. The summed E-state index contributed by atoms with van der Waals surface area (Å²) in [5.41, 5.74) is 5.87. The van der Waals surface area contributed by atoms with Crippen molar-refractivity contribution < 1.29 is 9.94 Å². The minimum absolute atomic E-state index is 0.299. The van der Waals surface area contributed by atoms with Gasteiger partial charge in [-0.25, -0.2) is 0 Å². The lowest BCUT2D eigenvalue weighted by atomic mass is 9.82. The number of oxime groups is 1. The van der Waals surface area contributed by atoms with Crippen molar-refractivity contribution >= 4 is 5.84 Å². The van der Waals surface area contributed by atoms with Crippen LogP contribution in [-0.4, -0.2) is 49.3 Å². The first-order valence-electron chi connectivity index (χ1n) is 5.88. The molecule has 0 bridgehead atoms. The van der Waals surface area contributed by atoms with Gasteiger partial charge in [-0.2, -0.15) is 0 Å². The topological polar surface area (TPSA) is 71.1 Å². The predicted molar refractivity (Wildman–Crippen MR) is 61.5 cm³/mol. The monoisotopic (exact) mass is 227 g/mol. The summed E-state index contributed by atoms with van der Waals surface area (Å²) in [7, 11) is 1.77. The minimum atomic E-state index is 0.299. The number of rotatable bonds is 4. The molecule has 2 atom stereocenters. The van der Waals surface area contributed by atoms with Crippen LogP contribution in [0.15, 0.2) is 5.16 Å². The molecule has 0 aromatic heterocycles. The number of hydrogen-bond donors (Lipinski definition) is 2. The molecule has 0 aromatic carbocycles. The van der Waals surface area contributed by atoms with E-state index < -0.39 is 0 Å². The fourth-order valence-electron chi connectivity index (χ4n) is 3.43. The van der Waals surface area contributed by atoms with Gasteiger partial charge in [0.2, 0.25) is 0 Å². The summed E-state index contributed by atoms with van der Waals surface area (Å²) in [6.07, 6.45) is 3.85. The van der Waals surface area contributed by atoms with Crippen LogP contribution in [0.3, 0.4) is 0 Å². The summed E-state index contributed by atoms with van der Waals surface area (Å²) >= 11 is 0. The Morgan fingerprint density at radius 1 is 1.69 bits per heavy atom. The third kappa shape index (κ3) is 2.01. The molecule has 1 saturated heterocycles. The highest BCUT2D eigenvalue weighted by Gasteiger charge is 2.49. The van der Waals surface area contributed by atoms with Gasteiger partial charge in [-0.05, 0) is 18.8 Å². The summed E-state index contributed by atoms with van der Waals surface area (Å²) in [6.45, 7) is 3.48. The molecular weight excluding hydrogens is 206 g/mol. The summed E-state index contributed by atoms with van der Waals surface area (Å²) in [6, 6.07) is 0. The molecule has 0 unspecified atom stereocenters. The van der Waals surface area contributed by atoms with Crippen LogP contribution in [0.4, 0.5) is 0 Å². The lowest BCUT2D eigenvalue weighted by molar-refractivity contribution is 0.0712. The van der Waals surface area contributed by atoms with Crippen LogP contribution in [0, 0.1) is 11.3 Å². The van der Waals surface area contributed by atoms with Gasteiger partial charge in [0.25, 0.3) is 0 Å². The number of hydrogen-bond acceptors (Lipinski definition) is 4. The van der Waals surface area contributed by atoms with E-state index in [2.05, 4.69) is 10.1 Å². The Morgan fingerprint density at radius 2 is 2.50 bits per heavy atom. The molecule has 3 N–H and O–H groups in total. The highest BCUT2D eigenvalue weighted by Crippen LogP contribution is 2.48. The normalized spacial score (nSPS) is 35.6. The lowest BCUT2D eigenvalue weighted by Crippen LogP contribution is -2.35. The van der Waals surface area contributed by atoms with E-state index in [-0.39, 0.29) is 0 Å². The first-order chi connectivity index (χ1) is 7.70. The number of methoxy groups -OCH3 is 1. The average Bonchev–Trinajstić information content (AvgIpc) is 2.74. The summed E-state index contributed by atoms with van der Waals surface area (Å²) in [5, 5.41) is 11.6. The quantitative estimate of drug-likeness (QED) is 0.317. The van der Waals surface area contributed by atoms with Crippen molar-refractivity contribution in [2.45, 2.75) is 19.3 Å². The summed E-state index contributed by atoms with van der Waals surface area (Å²) in [5.74, 6) is 1.02. The van der Waals surface area contributed by atoms with Crippen LogP contribution in [-0.2, 0) is 4.74 Å². The Morgan fingerprint density at radius 3 is 3.19 bits per heavy atom. The Balaban J connectivity index is 1.99. The van der Waals surface area contributed by atoms with Crippen LogP contribution < -0.4 is 5.73 Å². The number of fused-ring (bicyclic) bond motifs is 1. The van der Waals surface area contributed by atoms with Crippen molar-refractivity contribution in [1.82, 2.24) is 4.90 Å². The largest absolute Gasteiger partial charge is 0.409 e. The molecule has 1 heterocycles.